The third kappa shape index (κ3) is 2.40. The molecule has 1 aliphatic rings. The molecule has 0 aliphatic carbocycles. The first-order chi connectivity index (χ1) is 8.44. The second kappa shape index (κ2) is 5.17. The fourth-order valence-corrected chi connectivity index (χ4v) is 4.52. The van der Waals surface area contributed by atoms with Crippen LogP contribution in [0.2, 0.25) is 5.02 Å². The van der Waals surface area contributed by atoms with Crippen LogP contribution < -0.4 is 0 Å². The van der Waals surface area contributed by atoms with E-state index in [1.807, 2.05) is 13.8 Å². The van der Waals surface area contributed by atoms with Crippen LogP contribution in [-0.2, 0) is 14.8 Å². The molecule has 2 rings (SSSR count). The number of rotatable bonds is 2. The minimum atomic E-state index is -3.57. The molecule has 0 spiro atoms. The van der Waals surface area contributed by atoms with Gasteiger partial charge >= 0.3 is 0 Å². The summed E-state index contributed by atoms with van der Waals surface area (Å²) in [6.07, 6.45) is 0. The van der Waals surface area contributed by atoms with E-state index >= 15 is 0 Å². The van der Waals surface area contributed by atoms with Gasteiger partial charge in [-0.25, -0.2) is 8.42 Å². The maximum absolute atomic E-state index is 12.6. The Balaban J connectivity index is 2.45. The third-order valence-corrected chi connectivity index (χ3v) is 5.61. The van der Waals surface area contributed by atoms with E-state index in [1.165, 1.54) is 10.4 Å². The van der Waals surface area contributed by atoms with E-state index in [9.17, 15) is 8.42 Å². The van der Waals surface area contributed by atoms with E-state index in [1.54, 1.807) is 18.2 Å². The quantitative estimate of drug-likeness (QED) is 0.838. The molecule has 0 bridgehead atoms. The van der Waals surface area contributed by atoms with Gasteiger partial charge in [-0.15, -0.1) is 0 Å². The number of benzene rings is 1. The van der Waals surface area contributed by atoms with Crippen molar-refractivity contribution >= 4 is 21.6 Å². The van der Waals surface area contributed by atoms with E-state index in [2.05, 4.69) is 0 Å². The number of sulfonamides is 1. The highest BCUT2D eigenvalue weighted by atomic mass is 35.5. The molecule has 0 amide bonds. The number of ether oxygens (including phenoxy) is 1. The van der Waals surface area contributed by atoms with Crippen LogP contribution in [0.5, 0.6) is 0 Å². The maximum atomic E-state index is 12.6. The lowest BCUT2D eigenvalue weighted by atomic mass is 10.2. The Morgan fingerprint density at radius 1 is 1.22 bits per heavy atom. The third-order valence-electron chi connectivity index (χ3n) is 2.98. The predicted molar refractivity (Wildman–Crippen MR) is 70.2 cm³/mol. The van der Waals surface area contributed by atoms with E-state index in [0.717, 1.165) is 0 Å². The molecule has 18 heavy (non-hydrogen) atoms. The van der Waals surface area contributed by atoms with E-state index in [-0.39, 0.29) is 22.0 Å². The van der Waals surface area contributed by atoms with Crippen molar-refractivity contribution in [3.05, 3.63) is 29.3 Å². The molecule has 1 aliphatic heterocycles. The molecule has 4 nitrogen and oxygen atoms in total. The highest BCUT2D eigenvalue weighted by Crippen LogP contribution is 2.28. The van der Waals surface area contributed by atoms with Gasteiger partial charge in [0.2, 0.25) is 10.0 Å². The Hall–Kier alpha value is -0.620. The number of halogens is 1. The molecule has 1 aromatic rings. The standard InChI is InChI=1S/C12H16ClNO3S/c1-9-7-17-8-10(2)14(9)18(15,16)12-6-4-3-5-11(12)13/h3-6,9-10H,7-8H2,1-2H3. The van der Waals surface area contributed by atoms with Crippen molar-refractivity contribution in [1.82, 2.24) is 4.31 Å². The average molecular weight is 290 g/mol. The van der Waals surface area contributed by atoms with Crippen molar-refractivity contribution in [2.45, 2.75) is 30.8 Å². The molecule has 1 fully saturated rings. The minimum Gasteiger partial charge on any atom is -0.378 e. The fourth-order valence-electron chi connectivity index (χ4n) is 2.23. The van der Waals surface area contributed by atoms with Crippen LogP contribution in [0.1, 0.15) is 13.8 Å². The van der Waals surface area contributed by atoms with Crippen LogP contribution >= 0.6 is 11.6 Å². The van der Waals surface area contributed by atoms with Crippen LogP contribution in [0.25, 0.3) is 0 Å². The van der Waals surface area contributed by atoms with E-state index in [4.69, 9.17) is 16.3 Å². The second-order valence-electron chi connectivity index (χ2n) is 4.50. The Labute approximate surface area is 113 Å². The summed E-state index contributed by atoms with van der Waals surface area (Å²) in [5.74, 6) is 0. The smallest absolute Gasteiger partial charge is 0.245 e. The molecule has 2 atom stereocenters. The lowest BCUT2D eigenvalue weighted by molar-refractivity contribution is 0.00636. The summed E-state index contributed by atoms with van der Waals surface area (Å²) in [4.78, 5) is 0.160. The molecule has 6 heteroatoms. The van der Waals surface area contributed by atoms with Gasteiger partial charge in [-0.05, 0) is 26.0 Å². The Kier molecular flexibility index (Phi) is 3.96. The summed E-state index contributed by atoms with van der Waals surface area (Å²) in [6, 6.07) is 6.14. The predicted octanol–water partition coefficient (Wildman–Crippen LogP) is 2.14. The topological polar surface area (TPSA) is 46.6 Å². The first-order valence-corrected chi connectivity index (χ1v) is 7.62. The van der Waals surface area contributed by atoms with Crippen molar-refractivity contribution in [2.75, 3.05) is 13.2 Å². The minimum absolute atomic E-state index is 0.160. The largest absolute Gasteiger partial charge is 0.378 e. The molecule has 0 N–H and O–H groups in total. The van der Waals surface area contributed by atoms with Crippen LogP contribution in [0.4, 0.5) is 0 Å². The summed E-state index contributed by atoms with van der Waals surface area (Å²) in [5.41, 5.74) is 0. The average Bonchev–Trinajstić information content (AvgIpc) is 2.28. The number of nitrogens with zero attached hydrogens (tertiary/aromatic N) is 1. The summed E-state index contributed by atoms with van der Waals surface area (Å²) < 4.78 is 32.1. The zero-order chi connectivity index (χ0) is 13.3. The molecule has 100 valence electrons. The van der Waals surface area contributed by atoms with Crippen LogP contribution in [0.15, 0.2) is 29.2 Å². The summed E-state index contributed by atoms with van der Waals surface area (Å²) in [5, 5.41) is 0.253. The molecular formula is C12H16ClNO3S. The van der Waals surface area contributed by atoms with Gasteiger partial charge in [0.1, 0.15) is 4.90 Å². The van der Waals surface area contributed by atoms with Crippen molar-refractivity contribution in [3.63, 3.8) is 0 Å². The highest BCUT2D eigenvalue weighted by molar-refractivity contribution is 7.89. The van der Waals surface area contributed by atoms with E-state index < -0.39 is 10.0 Å². The van der Waals surface area contributed by atoms with Gasteiger partial charge in [-0.2, -0.15) is 4.31 Å². The summed E-state index contributed by atoms with van der Waals surface area (Å²) in [6.45, 7) is 4.50. The molecule has 1 saturated heterocycles. The number of hydrogen-bond acceptors (Lipinski definition) is 3. The molecule has 1 heterocycles. The van der Waals surface area contributed by atoms with Crippen molar-refractivity contribution < 1.29 is 13.2 Å². The Morgan fingerprint density at radius 2 is 1.78 bits per heavy atom. The first kappa shape index (κ1) is 13.8. The van der Waals surface area contributed by atoms with Gasteiger partial charge in [-0.1, -0.05) is 23.7 Å². The Morgan fingerprint density at radius 3 is 2.33 bits per heavy atom. The van der Waals surface area contributed by atoms with Crippen molar-refractivity contribution in [2.24, 2.45) is 0 Å². The zero-order valence-electron chi connectivity index (χ0n) is 10.3. The van der Waals surface area contributed by atoms with Crippen LogP contribution in [0, 0.1) is 0 Å². The Bertz CT molecular complexity index is 522. The first-order valence-electron chi connectivity index (χ1n) is 5.80. The van der Waals surface area contributed by atoms with E-state index in [0.29, 0.717) is 13.2 Å². The summed E-state index contributed by atoms with van der Waals surface area (Å²) in [7, 11) is -3.57. The zero-order valence-corrected chi connectivity index (χ0v) is 11.9. The second-order valence-corrected chi connectivity index (χ2v) is 6.72. The van der Waals surface area contributed by atoms with Crippen LogP contribution in [0.3, 0.4) is 0 Å². The maximum Gasteiger partial charge on any atom is 0.245 e. The normalized spacial score (nSPS) is 26.2. The van der Waals surface area contributed by atoms with Crippen molar-refractivity contribution in [1.29, 1.82) is 0 Å². The molecule has 1 aromatic carbocycles. The summed E-state index contributed by atoms with van der Waals surface area (Å²) >= 11 is 5.99. The lowest BCUT2D eigenvalue weighted by Crippen LogP contribution is -2.52. The molecule has 0 radical (unpaired) electrons. The lowest BCUT2D eigenvalue weighted by Gasteiger charge is -2.37. The van der Waals surface area contributed by atoms with Gasteiger partial charge in [0, 0.05) is 12.1 Å². The monoisotopic (exact) mass is 289 g/mol. The number of morpholine rings is 1. The van der Waals surface area contributed by atoms with Crippen molar-refractivity contribution in [3.8, 4) is 0 Å². The highest BCUT2D eigenvalue weighted by Gasteiger charge is 2.37. The SMILES string of the molecule is CC1COCC(C)N1S(=O)(=O)c1ccccc1Cl. The molecule has 2 unspecified atom stereocenters. The molecule has 0 saturated carbocycles. The van der Waals surface area contributed by atoms with Crippen LogP contribution in [-0.4, -0.2) is 38.0 Å². The number of hydrogen-bond donors (Lipinski definition) is 0. The van der Waals surface area contributed by atoms with Gasteiger partial charge < -0.3 is 4.74 Å². The van der Waals surface area contributed by atoms with Gasteiger partial charge in [0.15, 0.2) is 0 Å². The fraction of sp³-hybridized carbons (Fsp3) is 0.500. The van der Waals surface area contributed by atoms with Gasteiger partial charge in [0.25, 0.3) is 0 Å². The molecule has 0 aromatic heterocycles. The van der Waals surface area contributed by atoms with Gasteiger partial charge in [-0.3, -0.25) is 0 Å². The molecular weight excluding hydrogens is 274 g/mol. The van der Waals surface area contributed by atoms with Gasteiger partial charge in [0.05, 0.1) is 18.2 Å².